The summed E-state index contributed by atoms with van der Waals surface area (Å²) in [4.78, 5) is 12.2. The molecule has 1 aliphatic rings. The summed E-state index contributed by atoms with van der Waals surface area (Å²) in [6, 6.07) is 1.09. The molecule has 3 N–H and O–H groups in total. The third-order valence-electron chi connectivity index (χ3n) is 5.07. The smallest absolute Gasteiger partial charge is 0.389 e. The zero-order valence-corrected chi connectivity index (χ0v) is 16.8. The van der Waals surface area contributed by atoms with Gasteiger partial charge in [-0.15, -0.1) is 0 Å². The number of hydrogen-bond donors (Lipinski definition) is 3. The van der Waals surface area contributed by atoms with E-state index in [1.54, 1.807) is 13.8 Å². The van der Waals surface area contributed by atoms with Crippen molar-refractivity contribution in [3.63, 3.8) is 0 Å². The molecule has 1 aromatic rings. The maximum absolute atomic E-state index is 12.9. The summed E-state index contributed by atoms with van der Waals surface area (Å²) in [5.74, 6) is -0.879. The van der Waals surface area contributed by atoms with Gasteiger partial charge in [-0.1, -0.05) is 0 Å². The topological polar surface area (TPSA) is 61.4 Å². The van der Waals surface area contributed by atoms with Crippen molar-refractivity contribution in [2.24, 2.45) is 5.92 Å². The quantitative estimate of drug-likeness (QED) is 0.576. The Labute approximate surface area is 171 Å². The van der Waals surface area contributed by atoms with Gasteiger partial charge in [0.2, 0.25) is 0 Å². The van der Waals surface area contributed by atoms with Crippen LogP contribution in [0.25, 0.3) is 0 Å². The third-order valence-corrected chi connectivity index (χ3v) is 5.07. The molecule has 0 aromatic heterocycles. The van der Waals surface area contributed by atoms with Crippen molar-refractivity contribution >= 4 is 5.91 Å². The predicted molar refractivity (Wildman–Crippen MR) is 98.8 cm³/mol. The van der Waals surface area contributed by atoms with Crippen molar-refractivity contribution in [3.05, 3.63) is 34.9 Å². The van der Waals surface area contributed by atoms with E-state index in [1.165, 1.54) is 0 Å². The van der Waals surface area contributed by atoms with Crippen LogP contribution in [0, 0.1) is 5.92 Å². The Morgan fingerprint density at radius 3 is 1.90 bits per heavy atom. The molecular weight excluding hydrogens is 414 g/mol. The van der Waals surface area contributed by atoms with E-state index < -0.39 is 40.6 Å². The van der Waals surface area contributed by atoms with Crippen molar-refractivity contribution in [1.82, 2.24) is 10.6 Å². The second-order valence-electron chi connectivity index (χ2n) is 8.42. The van der Waals surface area contributed by atoms with Crippen LogP contribution in [0.1, 0.15) is 61.0 Å². The standard InChI is InChI=1S/C20H26F6N2O2/c1-18(2,30)11-28-16-5-3-12(4-6-16)10-27-17(29)13-7-14(19(21,22)23)9-15(8-13)20(24,25)26/h7-9,12,16,28,30H,3-6,10-11H2,1-2H3,(H,27,29). The zero-order valence-electron chi connectivity index (χ0n) is 16.8. The zero-order chi connectivity index (χ0) is 22.7. The Balaban J connectivity index is 1.95. The number of alkyl halides is 6. The van der Waals surface area contributed by atoms with Crippen LogP contribution in [0.3, 0.4) is 0 Å². The fraction of sp³-hybridized carbons (Fsp3) is 0.650. The highest BCUT2D eigenvalue weighted by Gasteiger charge is 2.37. The number of carbonyl (C=O) groups is 1. The second-order valence-corrected chi connectivity index (χ2v) is 8.42. The molecular formula is C20H26F6N2O2. The van der Waals surface area contributed by atoms with Gasteiger partial charge in [-0.25, -0.2) is 0 Å². The van der Waals surface area contributed by atoms with Gasteiger partial charge in [0.15, 0.2) is 0 Å². The van der Waals surface area contributed by atoms with Crippen LogP contribution in [0.15, 0.2) is 18.2 Å². The lowest BCUT2D eigenvalue weighted by Gasteiger charge is -2.31. The number of rotatable bonds is 6. The SMILES string of the molecule is CC(C)(O)CNC1CCC(CNC(=O)c2cc(C(F)(F)F)cc(C(F)(F)F)c2)CC1. The predicted octanol–water partition coefficient (Wildman–Crippen LogP) is 4.37. The molecule has 0 spiro atoms. The van der Waals surface area contributed by atoms with Gasteiger partial charge in [-0.3, -0.25) is 4.79 Å². The molecule has 0 saturated heterocycles. The molecule has 10 heteroatoms. The minimum atomic E-state index is -5.00. The summed E-state index contributed by atoms with van der Waals surface area (Å²) >= 11 is 0. The van der Waals surface area contributed by atoms with E-state index in [0.717, 1.165) is 25.7 Å². The maximum atomic E-state index is 12.9. The molecule has 1 saturated carbocycles. The third kappa shape index (κ3) is 7.46. The maximum Gasteiger partial charge on any atom is 0.416 e. The molecule has 1 amide bonds. The minimum absolute atomic E-state index is 0.00127. The van der Waals surface area contributed by atoms with Gasteiger partial charge in [0, 0.05) is 24.7 Å². The average molecular weight is 440 g/mol. The summed E-state index contributed by atoms with van der Waals surface area (Å²) in [6.07, 6.45) is -6.88. The minimum Gasteiger partial charge on any atom is -0.389 e. The molecule has 1 fully saturated rings. The average Bonchev–Trinajstić information content (AvgIpc) is 2.63. The van der Waals surface area contributed by atoms with Crippen LogP contribution in [0.5, 0.6) is 0 Å². The Kier molecular flexibility index (Phi) is 7.45. The highest BCUT2D eigenvalue weighted by Crippen LogP contribution is 2.36. The van der Waals surface area contributed by atoms with Gasteiger partial charge in [-0.2, -0.15) is 26.3 Å². The number of carbonyl (C=O) groups excluding carboxylic acids is 1. The van der Waals surface area contributed by atoms with E-state index in [9.17, 15) is 36.2 Å². The molecule has 0 bridgehead atoms. The van der Waals surface area contributed by atoms with Crippen LogP contribution >= 0.6 is 0 Å². The summed E-state index contributed by atoms with van der Waals surface area (Å²) < 4.78 is 77.6. The highest BCUT2D eigenvalue weighted by atomic mass is 19.4. The number of hydrogen-bond acceptors (Lipinski definition) is 3. The van der Waals surface area contributed by atoms with Gasteiger partial charge >= 0.3 is 12.4 Å². The van der Waals surface area contributed by atoms with Crippen molar-refractivity contribution in [2.75, 3.05) is 13.1 Å². The van der Waals surface area contributed by atoms with Crippen molar-refractivity contribution < 1.29 is 36.2 Å². The van der Waals surface area contributed by atoms with Crippen LogP contribution < -0.4 is 10.6 Å². The Hall–Kier alpha value is -1.81. The Morgan fingerprint density at radius 2 is 1.47 bits per heavy atom. The normalized spacial score (nSPS) is 20.8. The number of aliphatic hydroxyl groups is 1. The summed E-state index contributed by atoms with van der Waals surface area (Å²) in [6.45, 7) is 4.00. The lowest BCUT2D eigenvalue weighted by atomic mass is 9.85. The monoisotopic (exact) mass is 440 g/mol. The first kappa shape index (κ1) is 24.5. The highest BCUT2D eigenvalue weighted by molar-refractivity contribution is 5.94. The molecule has 0 unspecified atom stereocenters. The van der Waals surface area contributed by atoms with Gasteiger partial charge in [0.1, 0.15) is 0 Å². The van der Waals surface area contributed by atoms with Crippen LogP contribution in [-0.4, -0.2) is 35.7 Å². The molecule has 2 rings (SSSR count). The van der Waals surface area contributed by atoms with E-state index >= 15 is 0 Å². The molecule has 0 radical (unpaired) electrons. The molecule has 1 aromatic carbocycles. The first-order valence-electron chi connectivity index (χ1n) is 9.68. The van der Waals surface area contributed by atoms with E-state index in [4.69, 9.17) is 0 Å². The van der Waals surface area contributed by atoms with Crippen LogP contribution in [-0.2, 0) is 12.4 Å². The van der Waals surface area contributed by atoms with Crippen LogP contribution in [0.4, 0.5) is 26.3 Å². The van der Waals surface area contributed by atoms with Gasteiger partial charge in [-0.05, 0) is 63.6 Å². The van der Waals surface area contributed by atoms with Crippen molar-refractivity contribution in [3.8, 4) is 0 Å². The summed E-state index contributed by atoms with van der Waals surface area (Å²) in [5.41, 5.74) is -4.52. The molecule has 0 atom stereocenters. The number of halogens is 6. The lowest BCUT2D eigenvalue weighted by molar-refractivity contribution is -0.143. The number of nitrogens with one attached hydrogen (secondary N) is 2. The molecule has 0 heterocycles. The van der Waals surface area contributed by atoms with E-state index in [1.807, 2.05) is 0 Å². The summed E-state index contributed by atoms with van der Waals surface area (Å²) in [5, 5.41) is 15.5. The van der Waals surface area contributed by atoms with Gasteiger partial charge < -0.3 is 15.7 Å². The van der Waals surface area contributed by atoms with E-state index in [0.29, 0.717) is 18.7 Å². The molecule has 30 heavy (non-hydrogen) atoms. The second kappa shape index (κ2) is 9.13. The molecule has 4 nitrogen and oxygen atoms in total. The van der Waals surface area contributed by atoms with Crippen molar-refractivity contribution in [1.29, 1.82) is 0 Å². The lowest BCUT2D eigenvalue weighted by Crippen LogP contribution is -2.43. The van der Waals surface area contributed by atoms with Crippen LogP contribution in [0.2, 0.25) is 0 Å². The largest absolute Gasteiger partial charge is 0.416 e. The summed E-state index contributed by atoms with van der Waals surface area (Å²) in [7, 11) is 0. The van der Waals surface area contributed by atoms with Gasteiger partial charge in [0.25, 0.3) is 5.91 Å². The Bertz CT molecular complexity index is 700. The van der Waals surface area contributed by atoms with E-state index in [2.05, 4.69) is 10.6 Å². The first-order chi connectivity index (χ1) is 13.6. The molecule has 0 aliphatic heterocycles. The van der Waals surface area contributed by atoms with Gasteiger partial charge in [0.05, 0.1) is 16.7 Å². The Morgan fingerprint density at radius 1 is 0.967 bits per heavy atom. The van der Waals surface area contributed by atoms with Crippen molar-refractivity contribution in [2.45, 2.75) is 63.5 Å². The number of benzene rings is 1. The van der Waals surface area contributed by atoms with E-state index in [-0.39, 0.29) is 24.6 Å². The molecule has 170 valence electrons. The number of amides is 1. The molecule has 1 aliphatic carbocycles. The first-order valence-corrected chi connectivity index (χ1v) is 9.68. The fourth-order valence-electron chi connectivity index (χ4n) is 3.39. The fourth-order valence-corrected chi connectivity index (χ4v) is 3.39.